The van der Waals surface area contributed by atoms with Crippen LogP contribution in [0.1, 0.15) is 34.3 Å². The van der Waals surface area contributed by atoms with Crippen LogP contribution in [0.25, 0.3) is 5.69 Å². The minimum absolute atomic E-state index is 0.0698. The molecule has 0 N–H and O–H groups in total. The Morgan fingerprint density at radius 3 is 2.31 bits per heavy atom. The lowest BCUT2D eigenvalue weighted by atomic mass is 9.84. The number of rotatable bonds is 8. The minimum atomic E-state index is 0.0698. The molecule has 5 rings (SSSR count). The van der Waals surface area contributed by atoms with Gasteiger partial charge in [0.1, 0.15) is 0 Å². The smallest absolute Gasteiger partial charge is 0.257 e. The summed E-state index contributed by atoms with van der Waals surface area (Å²) in [6.07, 6.45) is 10.2. The van der Waals surface area contributed by atoms with Crippen molar-refractivity contribution < 1.29 is 4.79 Å². The zero-order chi connectivity index (χ0) is 24.7. The summed E-state index contributed by atoms with van der Waals surface area (Å²) in [5.41, 5.74) is 4.23. The number of aromatic nitrogens is 3. The molecule has 4 aromatic rings. The van der Waals surface area contributed by atoms with Crippen LogP contribution in [0.5, 0.6) is 0 Å². The van der Waals surface area contributed by atoms with Gasteiger partial charge in [-0.25, -0.2) is 4.68 Å². The maximum atomic E-state index is 13.2. The highest BCUT2D eigenvalue weighted by Gasteiger charge is 2.31. The summed E-state index contributed by atoms with van der Waals surface area (Å²) in [4.78, 5) is 21.9. The molecule has 2 aromatic carbocycles. The molecule has 2 aromatic heterocycles. The first-order valence-corrected chi connectivity index (χ1v) is 12.7. The van der Waals surface area contributed by atoms with E-state index in [1.807, 2.05) is 53.8 Å². The zero-order valence-corrected chi connectivity index (χ0v) is 20.8. The molecule has 6 heteroatoms. The Hall–Kier alpha value is -3.77. The SMILES string of the molecule is CN(Cc1ccncc1)C(Cc1ccccc1)C1CCN(C(=O)c2cnn(-c3ccccc3)c2)CC1. The highest BCUT2D eigenvalue weighted by molar-refractivity contribution is 5.93. The molecule has 1 atom stereocenters. The maximum Gasteiger partial charge on any atom is 0.257 e. The third-order valence-electron chi connectivity index (χ3n) is 7.26. The third kappa shape index (κ3) is 5.71. The first-order valence-electron chi connectivity index (χ1n) is 12.7. The van der Waals surface area contributed by atoms with Crippen LogP contribution in [-0.2, 0) is 13.0 Å². The molecule has 1 unspecified atom stereocenters. The first kappa shape index (κ1) is 23.9. The van der Waals surface area contributed by atoms with E-state index in [1.165, 1.54) is 11.1 Å². The quantitative estimate of drug-likeness (QED) is 0.362. The number of benzene rings is 2. The van der Waals surface area contributed by atoms with E-state index in [9.17, 15) is 4.79 Å². The molecule has 0 spiro atoms. The zero-order valence-electron chi connectivity index (χ0n) is 20.8. The van der Waals surface area contributed by atoms with E-state index >= 15 is 0 Å². The lowest BCUT2D eigenvalue weighted by Gasteiger charge is -2.40. The van der Waals surface area contributed by atoms with Gasteiger partial charge in [0.05, 0.1) is 17.4 Å². The predicted octanol–water partition coefficient (Wildman–Crippen LogP) is 4.86. The fourth-order valence-electron chi connectivity index (χ4n) is 5.26. The number of hydrogen-bond donors (Lipinski definition) is 0. The normalized spacial score (nSPS) is 15.2. The molecule has 0 bridgehead atoms. The first-order chi connectivity index (χ1) is 17.7. The van der Waals surface area contributed by atoms with E-state index in [1.54, 1.807) is 10.9 Å². The molecule has 1 aliphatic rings. The molecule has 36 heavy (non-hydrogen) atoms. The van der Waals surface area contributed by atoms with E-state index in [4.69, 9.17) is 0 Å². The summed E-state index contributed by atoms with van der Waals surface area (Å²) in [7, 11) is 2.23. The Balaban J connectivity index is 1.25. The van der Waals surface area contributed by atoms with Crippen molar-refractivity contribution >= 4 is 5.91 Å². The Morgan fingerprint density at radius 1 is 0.944 bits per heavy atom. The van der Waals surface area contributed by atoms with Gasteiger partial charge in [-0.05, 0) is 67.6 Å². The monoisotopic (exact) mass is 479 g/mol. The van der Waals surface area contributed by atoms with Crippen LogP contribution in [0, 0.1) is 5.92 Å². The molecule has 0 radical (unpaired) electrons. The van der Waals surface area contributed by atoms with Crippen molar-refractivity contribution in [3.8, 4) is 5.69 Å². The van der Waals surface area contributed by atoms with Gasteiger partial charge in [0.25, 0.3) is 5.91 Å². The third-order valence-corrected chi connectivity index (χ3v) is 7.26. The van der Waals surface area contributed by atoms with Crippen molar-refractivity contribution in [1.82, 2.24) is 24.6 Å². The summed E-state index contributed by atoms with van der Waals surface area (Å²) in [5.74, 6) is 0.591. The summed E-state index contributed by atoms with van der Waals surface area (Å²) in [5, 5.41) is 4.41. The number of likely N-dealkylation sites (N-methyl/N-ethyl adjacent to an activating group) is 1. The topological polar surface area (TPSA) is 54.3 Å². The molecule has 1 amide bonds. The van der Waals surface area contributed by atoms with Gasteiger partial charge in [0.2, 0.25) is 0 Å². The van der Waals surface area contributed by atoms with Crippen molar-refractivity contribution in [2.24, 2.45) is 5.92 Å². The molecular formula is C30H33N5O. The molecule has 1 fully saturated rings. The predicted molar refractivity (Wildman–Crippen MR) is 142 cm³/mol. The minimum Gasteiger partial charge on any atom is -0.339 e. The second kappa shape index (κ2) is 11.3. The van der Waals surface area contributed by atoms with Crippen molar-refractivity contribution in [3.05, 3.63) is 114 Å². The maximum absolute atomic E-state index is 13.2. The van der Waals surface area contributed by atoms with Crippen molar-refractivity contribution in [1.29, 1.82) is 0 Å². The number of piperidine rings is 1. The van der Waals surface area contributed by atoms with Crippen LogP contribution >= 0.6 is 0 Å². The van der Waals surface area contributed by atoms with Gasteiger partial charge in [0.15, 0.2) is 0 Å². The average Bonchev–Trinajstić information content (AvgIpc) is 3.44. The largest absolute Gasteiger partial charge is 0.339 e. The number of amides is 1. The summed E-state index contributed by atoms with van der Waals surface area (Å²) < 4.78 is 1.77. The standard InChI is InChI=1S/C30H33N5O/c1-33(22-25-12-16-31-17-13-25)29(20-24-8-4-2-5-9-24)26-14-18-34(19-15-26)30(36)27-21-32-35(23-27)28-10-6-3-7-11-28/h2-13,16-17,21,23,26,29H,14-15,18-20,22H2,1H3. The molecule has 6 nitrogen and oxygen atoms in total. The number of carbonyl (C=O) groups is 1. The van der Waals surface area contributed by atoms with Crippen molar-refractivity contribution in [3.63, 3.8) is 0 Å². The average molecular weight is 480 g/mol. The molecule has 184 valence electrons. The van der Waals surface area contributed by atoms with E-state index < -0.39 is 0 Å². The van der Waals surface area contributed by atoms with Crippen molar-refractivity contribution in [2.75, 3.05) is 20.1 Å². The van der Waals surface area contributed by atoms with E-state index in [0.717, 1.165) is 44.6 Å². The van der Waals surface area contributed by atoms with E-state index in [-0.39, 0.29) is 5.91 Å². The van der Waals surface area contributed by atoms with Crippen LogP contribution < -0.4 is 0 Å². The highest BCUT2D eigenvalue weighted by atomic mass is 16.2. The lowest BCUT2D eigenvalue weighted by Crippen LogP contribution is -2.46. The molecule has 0 aliphatic carbocycles. The number of nitrogens with zero attached hydrogens (tertiary/aromatic N) is 5. The van der Waals surface area contributed by atoms with Gasteiger partial charge in [-0.1, -0.05) is 48.5 Å². The number of likely N-dealkylation sites (tertiary alicyclic amines) is 1. The second-order valence-electron chi connectivity index (χ2n) is 9.67. The van der Waals surface area contributed by atoms with E-state index in [2.05, 4.69) is 64.5 Å². The van der Waals surface area contributed by atoms with Gasteiger partial charge in [0, 0.05) is 44.3 Å². The number of para-hydroxylation sites is 1. The number of pyridine rings is 1. The van der Waals surface area contributed by atoms with Crippen LogP contribution in [-0.4, -0.2) is 56.7 Å². The van der Waals surface area contributed by atoms with Crippen LogP contribution in [0.3, 0.4) is 0 Å². The Labute approximate surface area is 213 Å². The molecule has 0 saturated carbocycles. The fraction of sp³-hybridized carbons (Fsp3) is 0.300. The molecule has 1 aliphatic heterocycles. The Bertz CT molecular complexity index is 1230. The molecular weight excluding hydrogens is 446 g/mol. The Kier molecular flexibility index (Phi) is 7.52. The van der Waals surface area contributed by atoms with E-state index in [0.29, 0.717) is 17.5 Å². The van der Waals surface area contributed by atoms with Gasteiger partial charge in [-0.15, -0.1) is 0 Å². The van der Waals surface area contributed by atoms with Gasteiger partial charge in [-0.2, -0.15) is 5.10 Å². The number of carbonyl (C=O) groups excluding carboxylic acids is 1. The van der Waals surface area contributed by atoms with Crippen molar-refractivity contribution in [2.45, 2.75) is 31.8 Å². The second-order valence-corrected chi connectivity index (χ2v) is 9.67. The van der Waals surface area contributed by atoms with Gasteiger partial charge < -0.3 is 4.90 Å². The summed E-state index contributed by atoms with van der Waals surface area (Å²) in [6, 6.07) is 25.2. The summed E-state index contributed by atoms with van der Waals surface area (Å²) >= 11 is 0. The number of hydrogen-bond acceptors (Lipinski definition) is 4. The fourth-order valence-corrected chi connectivity index (χ4v) is 5.26. The van der Waals surface area contributed by atoms with Gasteiger partial charge in [-0.3, -0.25) is 14.7 Å². The van der Waals surface area contributed by atoms with Crippen LogP contribution in [0.4, 0.5) is 0 Å². The lowest BCUT2D eigenvalue weighted by molar-refractivity contribution is 0.0603. The highest BCUT2D eigenvalue weighted by Crippen LogP contribution is 2.28. The van der Waals surface area contributed by atoms with Crippen LogP contribution in [0.15, 0.2) is 97.6 Å². The molecule has 1 saturated heterocycles. The summed E-state index contributed by atoms with van der Waals surface area (Å²) in [6.45, 7) is 2.43. The molecule has 3 heterocycles. The van der Waals surface area contributed by atoms with Gasteiger partial charge >= 0.3 is 0 Å². The Morgan fingerprint density at radius 2 is 1.61 bits per heavy atom. The van der Waals surface area contributed by atoms with Crippen LogP contribution in [0.2, 0.25) is 0 Å².